The smallest absolute Gasteiger partial charge is 0.128 e. The Balaban J connectivity index is 2.29. The lowest BCUT2D eigenvalue weighted by atomic mass is 9.69. The lowest BCUT2D eigenvalue weighted by molar-refractivity contribution is 0.206. The van der Waals surface area contributed by atoms with Crippen molar-refractivity contribution in [1.29, 1.82) is 5.26 Å². The van der Waals surface area contributed by atoms with Gasteiger partial charge in [-0.15, -0.1) is 0 Å². The second kappa shape index (κ2) is 5.02. The molecule has 2 heteroatoms. The molecule has 18 heavy (non-hydrogen) atoms. The van der Waals surface area contributed by atoms with Gasteiger partial charge in [-0.2, -0.15) is 5.26 Å². The summed E-state index contributed by atoms with van der Waals surface area (Å²) >= 11 is 0. The number of hydrogen-bond donors (Lipinski definition) is 1. The van der Waals surface area contributed by atoms with Gasteiger partial charge in [0.25, 0.3) is 0 Å². The van der Waals surface area contributed by atoms with E-state index in [1.165, 1.54) is 12.0 Å². The fourth-order valence-electron chi connectivity index (χ4n) is 2.98. The molecule has 0 spiro atoms. The van der Waals surface area contributed by atoms with Crippen LogP contribution in [0.1, 0.15) is 38.7 Å². The van der Waals surface area contributed by atoms with E-state index in [1.807, 2.05) is 12.1 Å². The van der Waals surface area contributed by atoms with Gasteiger partial charge < -0.3 is 5.32 Å². The molecule has 0 aliphatic heterocycles. The number of rotatable bonds is 2. The van der Waals surface area contributed by atoms with Crippen LogP contribution < -0.4 is 5.32 Å². The Labute approximate surface area is 110 Å². The molecule has 0 bridgehead atoms. The maximum atomic E-state index is 9.67. The summed E-state index contributed by atoms with van der Waals surface area (Å²) in [5.41, 5.74) is 1.90. The second-order valence-electron chi connectivity index (χ2n) is 5.68. The molecule has 1 aliphatic rings. The Bertz CT molecular complexity index is 460. The summed E-state index contributed by atoms with van der Waals surface area (Å²) in [4.78, 5) is 0. The van der Waals surface area contributed by atoms with E-state index in [0.29, 0.717) is 11.8 Å². The number of nitrogens with zero attached hydrogens (tertiary/aromatic N) is 1. The van der Waals surface area contributed by atoms with E-state index in [4.69, 9.17) is 0 Å². The highest BCUT2D eigenvalue weighted by atomic mass is 15.0. The van der Waals surface area contributed by atoms with Crippen molar-refractivity contribution in [3.63, 3.8) is 0 Å². The van der Waals surface area contributed by atoms with Crippen LogP contribution in [0.4, 0.5) is 5.69 Å². The third kappa shape index (κ3) is 2.22. The van der Waals surface area contributed by atoms with E-state index in [9.17, 15) is 5.26 Å². The van der Waals surface area contributed by atoms with E-state index in [0.717, 1.165) is 18.5 Å². The van der Waals surface area contributed by atoms with Crippen LogP contribution >= 0.6 is 0 Å². The normalized spacial score (nSPS) is 31.7. The molecule has 0 radical (unpaired) electrons. The summed E-state index contributed by atoms with van der Waals surface area (Å²) in [7, 11) is 0. The largest absolute Gasteiger partial charge is 0.367 e. The molecule has 0 aromatic heterocycles. The minimum Gasteiger partial charge on any atom is -0.367 e. The van der Waals surface area contributed by atoms with Crippen molar-refractivity contribution in [2.24, 2.45) is 11.8 Å². The third-order valence-corrected chi connectivity index (χ3v) is 4.56. The minimum atomic E-state index is -0.399. The quantitative estimate of drug-likeness (QED) is 0.846. The van der Waals surface area contributed by atoms with Gasteiger partial charge >= 0.3 is 0 Å². The molecular formula is C16H22N2. The fraction of sp³-hybridized carbons (Fsp3) is 0.562. The first-order valence-corrected chi connectivity index (χ1v) is 6.84. The van der Waals surface area contributed by atoms with Crippen molar-refractivity contribution < 1.29 is 0 Å². The highest BCUT2D eigenvalue weighted by Crippen LogP contribution is 2.39. The average Bonchev–Trinajstić information content (AvgIpc) is 2.38. The van der Waals surface area contributed by atoms with E-state index in [1.54, 1.807) is 0 Å². The molecule has 0 heterocycles. The lowest BCUT2D eigenvalue weighted by Crippen LogP contribution is -2.48. The van der Waals surface area contributed by atoms with Crippen LogP contribution in [0.15, 0.2) is 24.3 Å². The lowest BCUT2D eigenvalue weighted by Gasteiger charge is -2.42. The van der Waals surface area contributed by atoms with Crippen molar-refractivity contribution in [2.45, 2.75) is 45.6 Å². The van der Waals surface area contributed by atoms with E-state index in [-0.39, 0.29) is 0 Å². The number of hydrogen-bond acceptors (Lipinski definition) is 2. The molecule has 2 nitrogen and oxygen atoms in total. The molecule has 1 aromatic rings. The van der Waals surface area contributed by atoms with Gasteiger partial charge in [0.15, 0.2) is 0 Å². The van der Waals surface area contributed by atoms with Gasteiger partial charge in [-0.25, -0.2) is 0 Å². The van der Waals surface area contributed by atoms with Gasteiger partial charge in [0.05, 0.1) is 6.07 Å². The van der Waals surface area contributed by atoms with E-state index in [2.05, 4.69) is 44.3 Å². The van der Waals surface area contributed by atoms with Gasteiger partial charge in [0.1, 0.15) is 5.54 Å². The zero-order chi connectivity index (χ0) is 13.2. The first-order valence-electron chi connectivity index (χ1n) is 6.84. The number of anilines is 1. The Morgan fingerprint density at radius 3 is 2.72 bits per heavy atom. The highest BCUT2D eigenvalue weighted by molar-refractivity contribution is 5.54. The number of aryl methyl sites for hydroxylation is 1. The Morgan fingerprint density at radius 2 is 2.06 bits per heavy atom. The number of para-hydroxylation sites is 1. The molecule has 0 saturated heterocycles. The summed E-state index contributed by atoms with van der Waals surface area (Å²) < 4.78 is 0. The summed E-state index contributed by atoms with van der Waals surface area (Å²) in [6, 6.07) is 10.8. The van der Waals surface area contributed by atoms with Crippen LogP contribution in [-0.2, 0) is 0 Å². The number of nitrogens with one attached hydrogen (secondary N) is 1. The molecule has 2 rings (SSSR count). The topological polar surface area (TPSA) is 35.8 Å². The van der Waals surface area contributed by atoms with Crippen molar-refractivity contribution in [3.8, 4) is 6.07 Å². The third-order valence-electron chi connectivity index (χ3n) is 4.56. The van der Waals surface area contributed by atoms with Crippen LogP contribution in [0.25, 0.3) is 0 Å². The molecule has 96 valence electrons. The molecule has 3 atom stereocenters. The van der Waals surface area contributed by atoms with Gasteiger partial charge in [-0.1, -0.05) is 38.5 Å². The number of benzene rings is 1. The first kappa shape index (κ1) is 13.0. The SMILES string of the molecule is Cc1ccccc1NC1(C#N)CCCC(C)C1C. The van der Waals surface area contributed by atoms with Crippen LogP contribution in [0.3, 0.4) is 0 Å². The van der Waals surface area contributed by atoms with Gasteiger partial charge in [0, 0.05) is 5.69 Å². The molecule has 3 unspecified atom stereocenters. The monoisotopic (exact) mass is 242 g/mol. The molecule has 0 amide bonds. The molecule has 1 fully saturated rings. The summed E-state index contributed by atoms with van der Waals surface area (Å²) in [6.07, 6.45) is 3.32. The Hall–Kier alpha value is -1.49. The molecule has 1 aliphatic carbocycles. The maximum Gasteiger partial charge on any atom is 0.128 e. The predicted octanol–water partition coefficient (Wildman–Crippen LogP) is 4.13. The zero-order valence-corrected chi connectivity index (χ0v) is 11.5. The van der Waals surface area contributed by atoms with Gasteiger partial charge in [-0.3, -0.25) is 0 Å². The van der Waals surface area contributed by atoms with E-state index < -0.39 is 5.54 Å². The highest BCUT2D eigenvalue weighted by Gasteiger charge is 2.42. The summed E-state index contributed by atoms with van der Waals surface area (Å²) in [5, 5.41) is 13.2. The summed E-state index contributed by atoms with van der Waals surface area (Å²) in [6.45, 7) is 6.55. The van der Waals surface area contributed by atoms with Crippen LogP contribution in [-0.4, -0.2) is 5.54 Å². The first-order chi connectivity index (χ1) is 8.59. The number of nitriles is 1. The van der Waals surface area contributed by atoms with Crippen molar-refractivity contribution in [2.75, 3.05) is 5.32 Å². The zero-order valence-electron chi connectivity index (χ0n) is 11.5. The van der Waals surface area contributed by atoms with Crippen LogP contribution in [0.2, 0.25) is 0 Å². The predicted molar refractivity (Wildman–Crippen MR) is 75.3 cm³/mol. The van der Waals surface area contributed by atoms with Crippen LogP contribution in [0.5, 0.6) is 0 Å². The van der Waals surface area contributed by atoms with Crippen molar-refractivity contribution in [3.05, 3.63) is 29.8 Å². The van der Waals surface area contributed by atoms with Crippen molar-refractivity contribution in [1.82, 2.24) is 0 Å². The second-order valence-corrected chi connectivity index (χ2v) is 5.68. The van der Waals surface area contributed by atoms with Gasteiger partial charge in [-0.05, 0) is 43.2 Å². The Morgan fingerprint density at radius 1 is 1.33 bits per heavy atom. The molecule has 1 N–H and O–H groups in total. The molecule has 1 aromatic carbocycles. The summed E-state index contributed by atoms with van der Waals surface area (Å²) in [5.74, 6) is 0.991. The minimum absolute atomic E-state index is 0.385. The fourth-order valence-corrected chi connectivity index (χ4v) is 2.98. The average molecular weight is 242 g/mol. The van der Waals surface area contributed by atoms with E-state index >= 15 is 0 Å². The Kier molecular flexibility index (Phi) is 3.61. The molecule has 1 saturated carbocycles. The molecular weight excluding hydrogens is 220 g/mol. The van der Waals surface area contributed by atoms with Crippen LogP contribution in [0, 0.1) is 30.1 Å². The van der Waals surface area contributed by atoms with Gasteiger partial charge in [0.2, 0.25) is 0 Å². The maximum absolute atomic E-state index is 9.67. The standard InChI is InChI=1S/C16H22N2/c1-12-8-6-10-16(11-17,14(12)3)18-15-9-5-4-7-13(15)2/h4-5,7,9,12,14,18H,6,8,10H2,1-3H3. The van der Waals surface area contributed by atoms with Crippen molar-refractivity contribution >= 4 is 5.69 Å².